The van der Waals surface area contributed by atoms with Gasteiger partial charge in [-0.25, -0.2) is 8.78 Å². The topological polar surface area (TPSA) is 9.23 Å². The van der Waals surface area contributed by atoms with Gasteiger partial charge in [-0.05, 0) is 17.7 Å². The maximum absolute atomic E-state index is 12.5. The molecule has 0 aliphatic heterocycles. The third-order valence-corrected chi connectivity index (χ3v) is 1.38. The zero-order chi connectivity index (χ0) is 8.81. The fourth-order valence-corrected chi connectivity index (χ4v) is 0.871. The molecule has 0 unspecified atom stereocenters. The zero-order valence-electron chi connectivity index (χ0n) is 6.59. The molecule has 1 aromatic carbocycles. The SMILES string of the molecule is FCCOCc1cccc(F)c1. The predicted octanol–water partition coefficient (Wildman–Crippen LogP) is 2.31. The van der Waals surface area contributed by atoms with Gasteiger partial charge in [0, 0.05) is 0 Å². The van der Waals surface area contributed by atoms with Gasteiger partial charge in [-0.2, -0.15) is 0 Å². The monoisotopic (exact) mass is 172 g/mol. The summed E-state index contributed by atoms with van der Waals surface area (Å²) in [6, 6.07) is 6.07. The Kier molecular flexibility index (Phi) is 3.67. The molecule has 12 heavy (non-hydrogen) atoms. The molecule has 3 heteroatoms. The number of ether oxygens (including phenoxy) is 1. The van der Waals surface area contributed by atoms with Crippen LogP contribution in [-0.4, -0.2) is 13.3 Å². The highest BCUT2D eigenvalue weighted by Gasteiger charge is 1.94. The van der Waals surface area contributed by atoms with Gasteiger partial charge in [0.05, 0.1) is 13.2 Å². The molecule has 0 heterocycles. The fraction of sp³-hybridized carbons (Fsp3) is 0.333. The highest BCUT2D eigenvalue weighted by Crippen LogP contribution is 2.04. The van der Waals surface area contributed by atoms with E-state index in [1.54, 1.807) is 12.1 Å². The first-order valence-corrected chi connectivity index (χ1v) is 3.71. The van der Waals surface area contributed by atoms with Crippen molar-refractivity contribution in [2.75, 3.05) is 13.3 Å². The standard InChI is InChI=1S/C9H10F2O/c10-4-5-12-7-8-2-1-3-9(11)6-8/h1-3,6H,4-5,7H2. The van der Waals surface area contributed by atoms with Crippen molar-refractivity contribution in [1.82, 2.24) is 0 Å². The van der Waals surface area contributed by atoms with E-state index in [4.69, 9.17) is 4.74 Å². The van der Waals surface area contributed by atoms with Crippen molar-refractivity contribution in [2.45, 2.75) is 6.61 Å². The van der Waals surface area contributed by atoms with Gasteiger partial charge in [0.2, 0.25) is 0 Å². The number of benzene rings is 1. The Balaban J connectivity index is 2.41. The number of alkyl halides is 1. The number of halogens is 2. The molecule has 0 radical (unpaired) electrons. The number of hydrogen-bond acceptors (Lipinski definition) is 1. The molecule has 0 atom stereocenters. The minimum absolute atomic E-state index is 0.0660. The molecule has 0 amide bonds. The normalized spacial score (nSPS) is 10.2. The van der Waals surface area contributed by atoms with Gasteiger partial charge in [-0.15, -0.1) is 0 Å². The summed E-state index contributed by atoms with van der Waals surface area (Å²) in [7, 11) is 0. The lowest BCUT2D eigenvalue weighted by Crippen LogP contribution is -1.96. The summed E-state index contributed by atoms with van der Waals surface area (Å²) in [5.41, 5.74) is 0.725. The number of hydrogen-bond donors (Lipinski definition) is 0. The van der Waals surface area contributed by atoms with Gasteiger partial charge in [-0.3, -0.25) is 0 Å². The maximum Gasteiger partial charge on any atom is 0.123 e. The third kappa shape index (κ3) is 2.96. The second-order valence-electron chi connectivity index (χ2n) is 2.37. The Morgan fingerprint density at radius 3 is 2.83 bits per heavy atom. The molecule has 0 aliphatic carbocycles. The van der Waals surface area contributed by atoms with E-state index in [-0.39, 0.29) is 19.0 Å². The van der Waals surface area contributed by atoms with Crippen molar-refractivity contribution in [3.63, 3.8) is 0 Å². The van der Waals surface area contributed by atoms with Crippen LogP contribution < -0.4 is 0 Å². The van der Waals surface area contributed by atoms with E-state index in [1.165, 1.54) is 12.1 Å². The molecule has 1 nitrogen and oxygen atoms in total. The van der Waals surface area contributed by atoms with E-state index in [0.717, 1.165) is 5.56 Å². The Hall–Kier alpha value is -0.960. The fourth-order valence-electron chi connectivity index (χ4n) is 0.871. The number of rotatable bonds is 4. The molecule has 0 aliphatic rings. The van der Waals surface area contributed by atoms with Crippen LogP contribution in [0.15, 0.2) is 24.3 Å². The Bertz CT molecular complexity index is 238. The van der Waals surface area contributed by atoms with Gasteiger partial charge >= 0.3 is 0 Å². The molecule has 0 saturated carbocycles. The molecule has 0 bridgehead atoms. The van der Waals surface area contributed by atoms with Crippen LogP contribution >= 0.6 is 0 Å². The minimum Gasteiger partial charge on any atom is -0.374 e. The van der Waals surface area contributed by atoms with Gasteiger partial charge in [0.1, 0.15) is 12.5 Å². The van der Waals surface area contributed by atoms with Crippen molar-refractivity contribution in [1.29, 1.82) is 0 Å². The summed E-state index contributed by atoms with van der Waals surface area (Å²) in [6.45, 7) is -0.173. The summed E-state index contributed by atoms with van der Waals surface area (Å²) in [5.74, 6) is -0.295. The molecule has 0 fully saturated rings. The highest BCUT2D eigenvalue weighted by atomic mass is 19.1. The van der Waals surface area contributed by atoms with Gasteiger partial charge in [-0.1, -0.05) is 12.1 Å². The van der Waals surface area contributed by atoms with Crippen LogP contribution in [0.25, 0.3) is 0 Å². The first kappa shape index (κ1) is 9.13. The van der Waals surface area contributed by atoms with Gasteiger partial charge in [0.15, 0.2) is 0 Å². The van der Waals surface area contributed by atoms with Crippen LogP contribution in [0.5, 0.6) is 0 Å². The van der Waals surface area contributed by atoms with Crippen LogP contribution in [0, 0.1) is 5.82 Å². The van der Waals surface area contributed by atoms with Crippen LogP contribution in [0.1, 0.15) is 5.56 Å². The quantitative estimate of drug-likeness (QED) is 0.633. The summed E-state index contributed by atoms with van der Waals surface area (Å²) in [4.78, 5) is 0. The van der Waals surface area contributed by atoms with Gasteiger partial charge < -0.3 is 4.74 Å². The molecule has 0 saturated heterocycles. The minimum atomic E-state index is -0.505. The third-order valence-electron chi connectivity index (χ3n) is 1.38. The largest absolute Gasteiger partial charge is 0.374 e. The van der Waals surface area contributed by atoms with Crippen LogP contribution in [-0.2, 0) is 11.3 Å². The first-order valence-electron chi connectivity index (χ1n) is 3.71. The lowest BCUT2D eigenvalue weighted by molar-refractivity contribution is 0.106. The Morgan fingerprint density at radius 2 is 2.17 bits per heavy atom. The van der Waals surface area contributed by atoms with Crippen molar-refractivity contribution < 1.29 is 13.5 Å². The van der Waals surface area contributed by atoms with E-state index < -0.39 is 6.67 Å². The molecule has 1 aromatic rings. The Labute approximate surface area is 70.0 Å². The molecular formula is C9H10F2O. The van der Waals surface area contributed by atoms with Crippen molar-refractivity contribution in [2.24, 2.45) is 0 Å². The average Bonchev–Trinajstić information content (AvgIpc) is 2.05. The molecule has 1 rings (SSSR count). The van der Waals surface area contributed by atoms with Gasteiger partial charge in [0.25, 0.3) is 0 Å². The highest BCUT2D eigenvalue weighted by molar-refractivity contribution is 5.15. The maximum atomic E-state index is 12.5. The molecular weight excluding hydrogens is 162 g/mol. The summed E-state index contributed by atoms with van der Waals surface area (Å²) < 4.78 is 29.0. The van der Waals surface area contributed by atoms with E-state index in [1.807, 2.05) is 0 Å². The second-order valence-corrected chi connectivity index (χ2v) is 2.37. The Morgan fingerprint density at radius 1 is 1.33 bits per heavy atom. The zero-order valence-corrected chi connectivity index (χ0v) is 6.59. The molecule has 0 N–H and O–H groups in total. The molecule has 0 spiro atoms. The lowest BCUT2D eigenvalue weighted by Gasteiger charge is -2.00. The van der Waals surface area contributed by atoms with Crippen LogP contribution in [0.2, 0.25) is 0 Å². The van der Waals surface area contributed by atoms with Crippen LogP contribution in [0.4, 0.5) is 8.78 Å². The molecule has 66 valence electrons. The van der Waals surface area contributed by atoms with Crippen molar-refractivity contribution in [3.05, 3.63) is 35.6 Å². The van der Waals surface area contributed by atoms with Crippen molar-refractivity contribution >= 4 is 0 Å². The van der Waals surface area contributed by atoms with E-state index in [2.05, 4.69) is 0 Å². The van der Waals surface area contributed by atoms with Crippen molar-refractivity contribution in [3.8, 4) is 0 Å². The van der Waals surface area contributed by atoms with Crippen LogP contribution in [0.3, 0.4) is 0 Å². The van der Waals surface area contributed by atoms with E-state index in [0.29, 0.717) is 0 Å². The first-order chi connectivity index (χ1) is 5.83. The summed E-state index contributed by atoms with van der Waals surface area (Å²) in [6.07, 6.45) is 0. The van der Waals surface area contributed by atoms with E-state index in [9.17, 15) is 8.78 Å². The van der Waals surface area contributed by atoms with E-state index >= 15 is 0 Å². The second kappa shape index (κ2) is 4.83. The average molecular weight is 172 g/mol. The molecule has 0 aromatic heterocycles. The summed E-state index contributed by atoms with van der Waals surface area (Å²) in [5, 5.41) is 0. The predicted molar refractivity (Wildman–Crippen MR) is 42.0 cm³/mol. The summed E-state index contributed by atoms with van der Waals surface area (Å²) >= 11 is 0. The lowest BCUT2D eigenvalue weighted by atomic mass is 10.2. The smallest absolute Gasteiger partial charge is 0.123 e.